The second kappa shape index (κ2) is 6.91. The van der Waals surface area contributed by atoms with Crippen molar-refractivity contribution in [1.82, 2.24) is 4.90 Å². The molecule has 1 aromatic carbocycles. The molecule has 126 valence electrons. The molecule has 1 aromatic heterocycles. The molecule has 2 heterocycles. The molecule has 1 fully saturated rings. The van der Waals surface area contributed by atoms with Crippen LogP contribution >= 0.6 is 0 Å². The number of nitrogens with one attached hydrogen (secondary N) is 1. The summed E-state index contributed by atoms with van der Waals surface area (Å²) in [5, 5.41) is 3.00. The fourth-order valence-electron chi connectivity index (χ4n) is 3.12. The fourth-order valence-corrected chi connectivity index (χ4v) is 3.12. The molecule has 5 heteroatoms. The van der Waals surface area contributed by atoms with Crippen molar-refractivity contribution >= 4 is 17.5 Å². The molecule has 2 amide bonds. The van der Waals surface area contributed by atoms with Gasteiger partial charge in [0.05, 0.1) is 12.2 Å². The number of hydrogen-bond acceptors (Lipinski definition) is 3. The van der Waals surface area contributed by atoms with E-state index in [9.17, 15) is 9.59 Å². The summed E-state index contributed by atoms with van der Waals surface area (Å²) in [6.07, 6.45) is 3.09. The molecule has 0 radical (unpaired) electrons. The summed E-state index contributed by atoms with van der Waals surface area (Å²) in [5.41, 5.74) is 3.04. The Labute approximate surface area is 141 Å². The van der Waals surface area contributed by atoms with Gasteiger partial charge < -0.3 is 14.6 Å². The molecular formula is C19H22N2O3. The van der Waals surface area contributed by atoms with Crippen LogP contribution in [-0.4, -0.2) is 29.8 Å². The van der Waals surface area contributed by atoms with Gasteiger partial charge in [-0.2, -0.15) is 0 Å². The Hall–Kier alpha value is -2.56. The molecule has 0 bridgehead atoms. The van der Waals surface area contributed by atoms with E-state index in [-0.39, 0.29) is 17.7 Å². The van der Waals surface area contributed by atoms with Crippen molar-refractivity contribution in [2.45, 2.75) is 26.7 Å². The molecule has 0 spiro atoms. The van der Waals surface area contributed by atoms with E-state index in [2.05, 4.69) is 5.32 Å². The SMILES string of the molecule is Cc1ccc(NC(=O)C2CCCN(C(=O)c3ccco3)C2)c(C)c1. The van der Waals surface area contributed by atoms with Crippen LogP contribution in [0.1, 0.15) is 34.5 Å². The lowest BCUT2D eigenvalue weighted by atomic mass is 9.96. The number of carbonyl (C=O) groups is 2. The maximum absolute atomic E-state index is 12.6. The first-order valence-corrected chi connectivity index (χ1v) is 8.25. The molecule has 1 saturated heterocycles. The Morgan fingerprint density at radius 2 is 2.08 bits per heavy atom. The number of carbonyl (C=O) groups excluding carboxylic acids is 2. The smallest absolute Gasteiger partial charge is 0.289 e. The second-order valence-corrected chi connectivity index (χ2v) is 6.38. The van der Waals surface area contributed by atoms with Gasteiger partial charge in [0.2, 0.25) is 5.91 Å². The van der Waals surface area contributed by atoms with Crippen LogP contribution in [0.4, 0.5) is 5.69 Å². The predicted molar refractivity (Wildman–Crippen MR) is 91.9 cm³/mol. The van der Waals surface area contributed by atoms with Gasteiger partial charge in [-0.05, 0) is 50.5 Å². The number of anilines is 1. The molecule has 1 aliphatic heterocycles. The summed E-state index contributed by atoms with van der Waals surface area (Å²) in [6, 6.07) is 9.31. The van der Waals surface area contributed by atoms with Gasteiger partial charge in [0, 0.05) is 18.8 Å². The van der Waals surface area contributed by atoms with E-state index >= 15 is 0 Å². The highest BCUT2D eigenvalue weighted by Crippen LogP contribution is 2.22. The number of nitrogens with zero attached hydrogens (tertiary/aromatic N) is 1. The predicted octanol–water partition coefficient (Wildman–Crippen LogP) is 3.39. The standard InChI is InChI=1S/C19H22N2O3/c1-13-7-8-16(14(2)11-13)20-18(22)15-5-3-9-21(12-15)19(23)17-6-4-10-24-17/h4,6-8,10-11,15H,3,5,9,12H2,1-2H3,(H,20,22). The quantitative estimate of drug-likeness (QED) is 0.940. The molecule has 1 aliphatic rings. The van der Waals surface area contributed by atoms with E-state index in [1.807, 2.05) is 32.0 Å². The van der Waals surface area contributed by atoms with Crippen LogP contribution in [0.25, 0.3) is 0 Å². The summed E-state index contributed by atoms with van der Waals surface area (Å²) in [7, 11) is 0. The van der Waals surface area contributed by atoms with Crippen molar-refractivity contribution in [3.05, 3.63) is 53.5 Å². The van der Waals surface area contributed by atoms with Crippen LogP contribution < -0.4 is 5.32 Å². The summed E-state index contributed by atoms with van der Waals surface area (Å²) < 4.78 is 5.18. The van der Waals surface area contributed by atoms with E-state index in [1.54, 1.807) is 17.0 Å². The number of benzene rings is 1. The maximum Gasteiger partial charge on any atom is 0.289 e. The molecule has 0 aliphatic carbocycles. The second-order valence-electron chi connectivity index (χ2n) is 6.38. The van der Waals surface area contributed by atoms with E-state index in [4.69, 9.17) is 4.42 Å². The molecule has 1 N–H and O–H groups in total. The van der Waals surface area contributed by atoms with E-state index < -0.39 is 0 Å². The molecule has 2 aromatic rings. The van der Waals surface area contributed by atoms with Crippen LogP contribution in [0, 0.1) is 19.8 Å². The van der Waals surface area contributed by atoms with Gasteiger partial charge in [-0.1, -0.05) is 17.7 Å². The zero-order valence-electron chi connectivity index (χ0n) is 14.0. The van der Waals surface area contributed by atoms with Gasteiger partial charge in [0.25, 0.3) is 5.91 Å². The molecule has 1 unspecified atom stereocenters. The minimum Gasteiger partial charge on any atom is -0.459 e. The molecular weight excluding hydrogens is 304 g/mol. The first kappa shape index (κ1) is 16.3. The monoisotopic (exact) mass is 326 g/mol. The van der Waals surface area contributed by atoms with E-state index in [0.717, 1.165) is 24.1 Å². The van der Waals surface area contributed by atoms with Crippen molar-refractivity contribution in [2.75, 3.05) is 18.4 Å². The lowest BCUT2D eigenvalue weighted by Gasteiger charge is -2.31. The Balaban J connectivity index is 1.65. The fraction of sp³-hybridized carbons (Fsp3) is 0.368. The first-order valence-electron chi connectivity index (χ1n) is 8.25. The number of aryl methyl sites for hydroxylation is 2. The molecule has 5 nitrogen and oxygen atoms in total. The third kappa shape index (κ3) is 3.50. The number of rotatable bonds is 3. The normalized spacial score (nSPS) is 17.6. The van der Waals surface area contributed by atoms with Crippen LogP contribution in [0.15, 0.2) is 41.0 Å². The zero-order valence-corrected chi connectivity index (χ0v) is 14.0. The van der Waals surface area contributed by atoms with Crippen molar-refractivity contribution in [3.63, 3.8) is 0 Å². The van der Waals surface area contributed by atoms with Crippen LogP contribution in [0.5, 0.6) is 0 Å². The van der Waals surface area contributed by atoms with Crippen molar-refractivity contribution in [3.8, 4) is 0 Å². The van der Waals surface area contributed by atoms with Crippen molar-refractivity contribution in [2.24, 2.45) is 5.92 Å². The Kier molecular flexibility index (Phi) is 4.69. The van der Waals surface area contributed by atoms with Gasteiger partial charge >= 0.3 is 0 Å². The average Bonchev–Trinajstić information content (AvgIpc) is 3.11. The molecule has 0 saturated carbocycles. The summed E-state index contributed by atoms with van der Waals surface area (Å²) in [5.74, 6) is -0.0493. The summed E-state index contributed by atoms with van der Waals surface area (Å²) in [4.78, 5) is 26.7. The van der Waals surface area contributed by atoms with Gasteiger partial charge in [0.15, 0.2) is 5.76 Å². The average molecular weight is 326 g/mol. The van der Waals surface area contributed by atoms with Crippen molar-refractivity contribution in [1.29, 1.82) is 0 Å². The Morgan fingerprint density at radius 1 is 1.25 bits per heavy atom. The number of likely N-dealkylation sites (tertiary alicyclic amines) is 1. The van der Waals surface area contributed by atoms with Crippen molar-refractivity contribution < 1.29 is 14.0 Å². The number of piperidine rings is 1. The van der Waals surface area contributed by atoms with Gasteiger partial charge in [-0.15, -0.1) is 0 Å². The van der Waals surface area contributed by atoms with E-state index in [0.29, 0.717) is 18.8 Å². The van der Waals surface area contributed by atoms with Gasteiger partial charge in [-0.25, -0.2) is 0 Å². The van der Waals surface area contributed by atoms with E-state index in [1.165, 1.54) is 11.8 Å². The highest BCUT2D eigenvalue weighted by molar-refractivity contribution is 5.95. The first-order chi connectivity index (χ1) is 11.5. The molecule has 3 rings (SSSR count). The number of furan rings is 1. The van der Waals surface area contributed by atoms with Gasteiger partial charge in [0.1, 0.15) is 0 Å². The lowest BCUT2D eigenvalue weighted by molar-refractivity contribution is -0.121. The third-order valence-corrected chi connectivity index (χ3v) is 4.45. The number of hydrogen-bond donors (Lipinski definition) is 1. The zero-order chi connectivity index (χ0) is 17.1. The lowest BCUT2D eigenvalue weighted by Crippen LogP contribution is -2.43. The van der Waals surface area contributed by atoms with Gasteiger partial charge in [-0.3, -0.25) is 9.59 Å². The topological polar surface area (TPSA) is 62.6 Å². The van der Waals surface area contributed by atoms with Crippen LogP contribution in [0.3, 0.4) is 0 Å². The summed E-state index contributed by atoms with van der Waals surface area (Å²) >= 11 is 0. The minimum atomic E-state index is -0.196. The third-order valence-electron chi connectivity index (χ3n) is 4.45. The highest BCUT2D eigenvalue weighted by Gasteiger charge is 2.30. The highest BCUT2D eigenvalue weighted by atomic mass is 16.3. The summed E-state index contributed by atoms with van der Waals surface area (Å²) in [6.45, 7) is 5.09. The van der Waals surface area contributed by atoms with Crippen LogP contribution in [-0.2, 0) is 4.79 Å². The number of amides is 2. The minimum absolute atomic E-state index is 0.0288. The largest absolute Gasteiger partial charge is 0.459 e. The molecule has 1 atom stereocenters. The van der Waals surface area contributed by atoms with Crippen LogP contribution in [0.2, 0.25) is 0 Å². The molecule has 24 heavy (non-hydrogen) atoms. The maximum atomic E-state index is 12.6. The Morgan fingerprint density at radius 3 is 2.79 bits per heavy atom. The Bertz CT molecular complexity index is 737.